The number of benzene rings is 1. The molecule has 16 heavy (non-hydrogen) atoms. The summed E-state index contributed by atoms with van der Waals surface area (Å²) in [6.07, 6.45) is -4.31. The summed E-state index contributed by atoms with van der Waals surface area (Å²) >= 11 is 3.19. The molecule has 0 radical (unpaired) electrons. The Balaban J connectivity index is 2.76. The Morgan fingerprint density at radius 3 is 2.38 bits per heavy atom. The highest BCUT2D eigenvalue weighted by molar-refractivity contribution is 9.10. The summed E-state index contributed by atoms with van der Waals surface area (Å²) < 4.78 is 41.0. The van der Waals surface area contributed by atoms with Gasteiger partial charge in [0.25, 0.3) is 0 Å². The maximum atomic E-state index is 11.9. The predicted molar refractivity (Wildman–Crippen MR) is 59.8 cm³/mol. The molecule has 5 heteroatoms. The number of ether oxygens (including phenoxy) is 1. The van der Waals surface area contributed by atoms with Gasteiger partial charge < -0.3 is 4.74 Å². The van der Waals surface area contributed by atoms with E-state index < -0.39 is 12.8 Å². The van der Waals surface area contributed by atoms with Crippen molar-refractivity contribution in [1.29, 1.82) is 0 Å². The summed E-state index contributed by atoms with van der Waals surface area (Å²) in [5.41, 5.74) is 1.05. The Hall–Kier alpha value is -0.710. The lowest BCUT2D eigenvalue weighted by Crippen LogP contribution is -2.19. The minimum absolute atomic E-state index is 0.210. The molecule has 1 aromatic rings. The van der Waals surface area contributed by atoms with E-state index in [1.807, 2.05) is 13.8 Å². The van der Waals surface area contributed by atoms with Gasteiger partial charge in [-0.05, 0) is 39.5 Å². The first kappa shape index (κ1) is 13.4. The van der Waals surface area contributed by atoms with E-state index in [0.717, 1.165) is 5.56 Å². The summed E-state index contributed by atoms with van der Waals surface area (Å²) in [6.45, 7) is 2.75. The van der Waals surface area contributed by atoms with Crippen LogP contribution in [0.4, 0.5) is 13.2 Å². The van der Waals surface area contributed by atoms with Gasteiger partial charge in [-0.25, -0.2) is 0 Å². The molecule has 1 aromatic carbocycles. The Morgan fingerprint density at radius 1 is 1.31 bits per heavy atom. The second-order valence-electron chi connectivity index (χ2n) is 3.75. The maximum Gasteiger partial charge on any atom is 0.422 e. The van der Waals surface area contributed by atoms with Gasteiger partial charge in [-0.2, -0.15) is 13.2 Å². The summed E-state index contributed by atoms with van der Waals surface area (Å²) in [5, 5.41) is 0. The quantitative estimate of drug-likeness (QED) is 0.797. The molecule has 0 spiro atoms. The second kappa shape index (κ2) is 5.08. The molecule has 0 heterocycles. The van der Waals surface area contributed by atoms with Crippen molar-refractivity contribution in [2.45, 2.75) is 25.9 Å². The summed E-state index contributed by atoms with van der Waals surface area (Å²) in [4.78, 5) is 0. The zero-order valence-corrected chi connectivity index (χ0v) is 10.5. The van der Waals surface area contributed by atoms with Crippen LogP contribution in [0.15, 0.2) is 22.7 Å². The first-order chi connectivity index (χ1) is 7.29. The van der Waals surface area contributed by atoms with Crippen LogP contribution in [-0.2, 0) is 0 Å². The van der Waals surface area contributed by atoms with E-state index in [4.69, 9.17) is 0 Å². The molecule has 0 bridgehead atoms. The lowest BCUT2D eigenvalue weighted by molar-refractivity contribution is -0.153. The number of rotatable bonds is 3. The SMILES string of the molecule is CC(C)c1ccc(OCC(F)(F)F)c(Br)c1. The normalized spacial score (nSPS) is 11.9. The lowest BCUT2D eigenvalue weighted by atomic mass is 10.0. The van der Waals surface area contributed by atoms with Crippen molar-refractivity contribution in [1.82, 2.24) is 0 Å². The monoisotopic (exact) mass is 296 g/mol. The van der Waals surface area contributed by atoms with Crippen LogP contribution in [0.1, 0.15) is 25.3 Å². The third-order valence-electron chi connectivity index (χ3n) is 2.01. The molecular formula is C11H12BrF3O. The van der Waals surface area contributed by atoms with Crippen LogP contribution in [0.5, 0.6) is 5.75 Å². The van der Waals surface area contributed by atoms with Crippen LogP contribution in [0.25, 0.3) is 0 Å². The van der Waals surface area contributed by atoms with Crippen LogP contribution in [0.2, 0.25) is 0 Å². The Labute approximate surface area is 101 Å². The van der Waals surface area contributed by atoms with Gasteiger partial charge >= 0.3 is 6.18 Å². The lowest BCUT2D eigenvalue weighted by Gasteiger charge is -2.12. The van der Waals surface area contributed by atoms with Crippen LogP contribution < -0.4 is 4.74 Å². The summed E-state index contributed by atoms with van der Waals surface area (Å²) in [5.74, 6) is 0.537. The zero-order chi connectivity index (χ0) is 12.3. The highest BCUT2D eigenvalue weighted by Crippen LogP contribution is 2.30. The molecule has 90 valence electrons. The fraction of sp³-hybridized carbons (Fsp3) is 0.455. The van der Waals surface area contributed by atoms with Crippen LogP contribution in [-0.4, -0.2) is 12.8 Å². The van der Waals surface area contributed by atoms with Gasteiger partial charge in [0.15, 0.2) is 6.61 Å². The van der Waals surface area contributed by atoms with Crippen molar-refractivity contribution in [3.05, 3.63) is 28.2 Å². The van der Waals surface area contributed by atoms with Gasteiger partial charge in [-0.15, -0.1) is 0 Å². The van der Waals surface area contributed by atoms with Crippen molar-refractivity contribution >= 4 is 15.9 Å². The number of halogens is 4. The Bertz CT molecular complexity index is 361. The minimum Gasteiger partial charge on any atom is -0.483 e. The number of hydrogen-bond acceptors (Lipinski definition) is 1. The molecule has 0 atom stereocenters. The molecule has 1 nitrogen and oxygen atoms in total. The van der Waals surface area contributed by atoms with Gasteiger partial charge in [0, 0.05) is 0 Å². The molecule has 0 saturated heterocycles. The molecule has 0 fully saturated rings. The molecule has 0 aliphatic heterocycles. The van der Waals surface area contributed by atoms with Gasteiger partial charge in [0.2, 0.25) is 0 Å². The van der Waals surface area contributed by atoms with E-state index >= 15 is 0 Å². The van der Waals surface area contributed by atoms with Gasteiger partial charge in [-0.1, -0.05) is 19.9 Å². The van der Waals surface area contributed by atoms with E-state index in [9.17, 15) is 13.2 Å². The van der Waals surface area contributed by atoms with Crippen LogP contribution in [0.3, 0.4) is 0 Å². The Kier molecular flexibility index (Phi) is 4.24. The van der Waals surface area contributed by atoms with E-state index in [2.05, 4.69) is 20.7 Å². The predicted octanol–water partition coefficient (Wildman–Crippen LogP) is 4.51. The fourth-order valence-corrected chi connectivity index (χ4v) is 1.66. The second-order valence-corrected chi connectivity index (χ2v) is 4.60. The molecule has 0 aliphatic carbocycles. The number of alkyl halides is 3. The molecule has 1 rings (SSSR count). The zero-order valence-electron chi connectivity index (χ0n) is 8.94. The summed E-state index contributed by atoms with van der Waals surface area (Å²) in [6, 6.07) is 5.09. The van der Waals surface area contributed by atoms with Crippen molar-refractivity contribution < 1.29 is 17.9 Å². The summed E-state index contributed by atoms with van der Waals surface area (Å²) in [7, 11) is 0. The third kappa shape index (κ3) is 4.04. The van der Waals surface area contributed by atoms with E-state index in [0.29, 0.717) is 10.4 Å². The maximum absolute atomic E-state index is 11.9. The van der Waals surface area contributed by atoms with E-state index in [1.54, 1.807) is 18.2 Å². The van der Waals surface area contributed by atoms with Crippen LogP contribution >= 0.6 is 15.9 Å². The first-order valence-corrected chi connectivity index (χ1v) is 5.58. The molecule has 0 aromatic heterocycles. The van der Waals surface area contributed by atoms with Crippen molar-refractivity contribution in [3.8, 4) is 5.75 Å². The highest BCUT2D eigenvalue weighted by Gasteiger charge is 2.28. The molecule has 0 unspecified atom stereocenters. The minimum atomic E-state index is -4.31. The van der Waals surface area contributed by atoms with Crippen molar-refractivity contribution in [2.75, 3.05) is 6.61 Å². The van der Waals surface area contributed by atoms with E-state index in [-0.39, 0.29) is 5.75 Å². The molecule has 0 N–H and O–H groups in total. The fourth-order valence-electron chi connectivity index (χ4n) is 1.15. The van der Waals surface area contributed by atoms with Gasteiger partial charge in [-0.3, -0.25) is 0 Å². The molecule has 0 aliphatic rings. The van der Waals surface area contributed by atoms with E-state index in [1.165, 1.54) is 0 Å². The van der Waals surface area contributed by atoms with Crippen LogP contribution in [0, 0.1) is 0 Å². The average molecular weight is 297 g/mol. The smallest absolute Gasteiger partial charge is 0.422 e. The largest absolute Gasteiger partial charge is 0.483 e. The molecule has 0 amide bonds. The molecular weight excluding hydrogens is 285 g/mol. The standard InChI is InChI=1S/C11H12BrF3O/c1-7(2)8-3-4-10(9(12)5-8)16-6-11(13,14)15/h3-5,7H,6H2,1-2H3. The Morgan fingerprint density at radius 2 is 1.94 bits per heavy atom. The topological polar surface area (TPSA) is 9.23 Å². The third-order valence-corrected chi connectivity index (χ3v) is 2.63. The number of hydrogen-bond donors (Lipinski definition) is 0. The van der Waals surface area contributed by atoms with Gasteiger partial charge in [0.1, 0.15) is 5.75 Å². The van der Waals surface area contributed by atoms with Gasteiger partial charge in [0.05, 0.1) is 4.47 Å². The molecule has 0 saturated carbocycles. The highest BCUT2D eigenvalue weighted by atomic mass is 79.9. The van der Waals surface area contributed by atoms with Crippen molar-refractivity contribution in [2.24, 2.45) is 0 Å². The first-order valence-electron chi connectivity index (χ1n) is 4.78. The van der Waals surface area contributed by atoms with Crippen molar-refractivity contribution in [3.63, 3.8) is 0 Å². The average Bonchev–Trinajstić information content (AvgIpc) is 2.14.